The first kappa shape index (κ1) is 13.6. The molecule has 94 valence electrons. The molecule has 18 heavy (non-hydrogen) atoms. The summed E-state index contributed by atoms with van der Waals surface area (Å²) in [4.78, 5) is 1.07. The second kappa shape index (κ2) is 5.87. The topological polar surface area (TPSA) is 26.0 Å². The van der Waals surface area contributed by atoms with Gasteiger partial charge in [-0.15, -0.1) is 11.8 Å². The zero-order chi connectivity index (χ0) is 13.1. The maximum absolute atomic E-state index is 13.8. The van der Waals surface area contributed by atoms with Crippen molar-refractivity contribution in [1.29, 1.82) is 0 Å². The Hall–Kier alpha value is -0.840. The molecule has 0 aromatic heterocycles. The lowest BCUT2D eigenvalue weighted by molar-refractivity contribution is 0.598. The van der Waals surface area contributed by atoms with Crippen LogP contribution in [0.1, 0.15) is 17.2 Å². The molecular formula is C14H13BrFNS. The third-order valence-corrected chi connectivity index (χ3v) is 4.07. The van der Waals surface area contributed by atoms with E-state index >= 15 is 0 Å². The molecule has 1 unspecified atom stereocenters. The monoisotopic (exact) mass is 325 g/mol. The summed E-state index contributed by atoms with van der Waals surface area (Å²) < 4.78 is 14.7. The van der Waals surface area contributed by atoms with Crippen molar-refractivity contribution in [3.63, 3.8) is 0 Å². The zero-order valence-electron chi connectivity index (χ0n) is 9.86. The minimum atomic E-state index is -0.453. The van der Waals surface area contributed by atoms with Crippen LogP contribution in [0, 0.1) is 5.82 Å². The largest absolute Gasteiger partial charge is 0.320 e. The van der Waals surface area contributed by atoms with Crippen LogP contribution in [-0.2, 0) is 0 Å². The van der Waals surface area contributed by atoms with E-state index < -0.39 is 6.04 Å². The first-order valence-corrected chi connectivity index (χ1v) is 7.48. The van der Waals surface area contributed by atoms with Gasteiger partial charge in [0.15, 0.2) is 0 Å². The van der Waals surface area contributed by atoms with Crippen LogP contribution in [0.3, 0.4) is 0 Å². The van der Waals surface area contributed by atoms with Gasteiger partial charge in [0.2, 0.25) is 0 Å². The Balaban J connectivity index is 2.47. The Morgan fingerprint density at radius 3 is 2.61 bits per heavy atom. The Bertz CT molecular complexity index is 559. The lowest BCUT2D eigenvalue weighted by Crippen LogP contribution is -2.14. The molecule has 2 N–H and O–H groups in total. The number of rotatable bonds is 3. The smallest absolute Gasteiger partial charge is 0.128 e. The lowest BCUT2D eigenvalue weighted by Gasteiger charge is -2.16. The minimum absolute atomic E-state index is 0.276. The van der Waals surface area contributed by atoms with Crippen LogP contribution >= 0.6 is 27.7 Å². The predicted octanol–water partition coefficient (Wildman–Crippen LogP) is 4.36. The number of halogens is 2. The Kier molecular flexibility index (Phi) is 4.43. The van der Waals surface area contributed by atoms with Gasteiger partial charge in [0.25, 0.3) is 0 Å². The highest BCUT2D eigenvalue weighted by molar-refractivity contribution is 9.10. The van der Waals surface area contributed by atoms with Gasteiger partial charge in [0.05, 0.1) is 6.04 Å². The fourth-order valence-electron chi connectivity index (χ4n) is 1.84. The summed E-state index contributed by atoms with van der Waals surface area (Å²) in [6.07, 6.45) is 1.99. The van der Waals surface area contributed by atoms with E-state index in [1.54, 1.807) is 23.9 Å². The molecule has 2 rings (SSSR count). The molecule has 0 amide bonds. The van der Waals surface area contributed by atoms with Gasteiger partial charge in [0.1, 0.15) is 5.82 Å². The number of nitrogens with two attached hydrogens (primary N) is 1. The van der Waals surface area contributed by atoms with Crippen LogP contribution in [0.5, 0.6) is 0 Å². The molecule has 0 heterocycles. The first-order valence-electron chi connectivity index (χ1n) is 5.47. The second-order valence-electron chi connectivity index (χ2n) is 3.89. The molecule has 1 nitrogen and oxygen atoms in total. The van der Waals surface area contributed by atoms with E-state index in [4.69, 9.17) is 5.73 Å². The van der Waals surface area contributed by atoms with Crippen LogP contribution in [0.2, 0.25) is 0 Å². The van der Waals surface area contributed by atoms with Gasteiger partial charge < -0.3 is 5.73 Å². The molecule has 0 radical (unpaired) electrons. The van der Waals surface area contributed by atoms with E-state index in [1.165, 1.54) is 6.07 Å². The van der Waals surface area contributed by atoms with Crippen LogP contribution in [0.4, 0.5) is 4.39 Å². The SMILES string of the molecule is CSc1ccccc1C(N)c1cc(Br)ccc1F. The van der Waals surface area contributed by atoms with Gasteiger partial charge in [-0.05, 0) is 36.1 Å². The van der Waals surface area contributed by atoms with E-state index in [0.29, 0.717) is 5.56 Å². The number of hydrogen-bond donors (Lipinski definition) is 1. The predicted molar refractivity (Wildman–Crippen MR) is 78.4 cm³/mol. The summed E-state index contributed by atoms with van der Waals surface area (Å²) in [6, 6.07) is 12.2. The molecule has 2 aromatic rings. The summed E-state index contributed by atoms with van der Waals surface area (Å²) in [5, 5.41) is 0. The van der Waals surface area contributed by atoms with Crippen LogP contribution in [0.15, 0.2) is 51.8 Å². The Morgan fingerprint density at radius 2 is 1.89 bits per heavy atom. The van der Waals surface area contributed by atoms with Gasteiger partial charge in [0, 0.05) is 14.9 Å². The third-order valence-electron chi connectivity index (χ3n) is 2.77. The molecule has 0 fully saturated rings. The average Bonchev–Trinajstić information content (AvgIpc) is 2.40. The fourth-order valence-corrected chi connectivity index (χ4v) is 2.87. The van der Waals surface area contributed by atoms with Crippen molar-refractivity contribution in [2.45, 2.75) is 10.9 Å². The van der Waals surface area contributed by atoms with E-state index in [1.807, 2.05) is 30.5 Å². The van der Waals surface area contributed by atoms with E-state index in [-0.39, 0.29) is 5.82 Å². The minimum Gasteiger partial charge on any atom is -0.320 e. The molecular weight excluding hydrogens is 313 g/mol. The quantitative estimate of drug-likeness (QED) is 0.848. The zero-order valence-corrected chi connectivity index (χ0v) is 12.3. The number of thioether (sulfide) groups is 1. The van der Waals surface area contributed by atoms with Crippen LogP contribution in [-0.4, -0.2) is 6.26 Å². The lowest BCUT2D eigenvalue weighted by atomic mass is 9.99. The molecule has 0 saturated carbocycles. The summed E-state index contributed by atoms with van der Waals surface area (Å²) in [6.45, 7) is 0. The van der Waals surface area contributed by atoms with Gasteiger partial charge in [-0.1, -0.05) is 34.1 Å². The number of hydrogen-bond acceptors (Lipinski definition) is 2. The summed E-state index contributed by atoms with van der Waals surface area (Å²) in [7, 11) is 0. The Labute approximate surface area is 119 Å². The molecule has 0 saturated heterocycles. The molecule has 4 heteroatoms. The van der Waals surface area contributed by atoms with Crippen molar-refractivity contribution in [3.05, 3.63) is 63.9 Å². The third kappa shape index (κ3) is 2.76. The standard InChI is InChI=1S/C14H13BrFNS/c1-18-13-5-3-2-4-10(13)14(17)11-8-9(15)6-7-12(11)16/h2-8,14H,17H2,1H3. The van der Waals surface area contributed by atoms with Crippen molar-refractivity contribution in [1.82, 2.24) is 0 Å². The van der Waals surface area contributed by atoms with Crippen molar-refractivity contribution < 1.29 is 4.39 Å². The molecule has 1 atom stereocenters. The highest BCUT2D eigenvalue weighted by Gasteiger charge is 2.16. The van der Waals surface area contributed by atoms with Crippen molar-refractivity contribution in [2.75, 3.05) is 6.26 Å². The average molecular weight is 326 g/mol. The van der Waals surface area contributed by atoms with Gasteiger partial charge in [-0.2, -0.15) is 0 Å². The van der Waals surface area contributed by atoms with Crippen LogP contribution in [0.25, 0.3) is 0 Å². The molecule has 0 aliphatic carbocycles. The highest BCUT2D eigenvalue weighted by atomic mass is 79.9. The molecule has 0 spiro atoms. The molecule has 2 aromatic carbocycles. The van der Waals surface area contributed by atoms with Gasteiger partial charge in [-0.3, -0.25) is 0 Å². The summed E-state index contributed by atoms with van der Waals surface area (Å²) in [5.41, 5.74) is 7.64. The fraction of sp³-hybridized carbons (Fsp3) is 0.143. The highest BCUT2D eigenvalue weighted by Crippen LogP contribution is 2.30. The van der Waals surface area contributed by atoms with Gasteiger partial charge >= 0.3 is 0 Å². The van der Waals surface area contributed by atoms with Gasteiger partial charge in [-0.25, -0.2) is 4.39 Å². The molecule has 0 aliphatic rings. The summed E-state index contributed by atoms with van der Waals surface area (Å²) >= 11 is 4.96. The van der Waals surface area contributed by atoms with Crippen molar-refractivity contribution >= 4 is 27.7 Å². The van der Waals surface area contributed by atoms with Crippen molar-refractivity contribution in [2.24, 2.45) is 5.73 Å². The maximum Gasteiger partial charge on any atom is 0.128 e. The van der Waals surface area contributed by atoms with E-state index in [9.17, 15) is 4.39 Å². The number of benzene rings is 2. The van der Waals surface area contributed by atoms with E-state index in [2.05, 4.69) is 15.9 Å². The van der Waals surface area contributed by atoms with Crippen LogP contribution < -0.4 is 5.73 Å². The normalized spacial score (nSPS) is 12.4. The molecule has 0 aliphatic heterocycles. The first-order chi connectivity index (χ1) is 8.63. The maximum atomic E-state index is 13.8. The summed E-state index contributed by atoms with van der Waals surface area (Å²) in [5.74, 6) is -0.276. The second-order valence-corrected chi connectivity index (χ2v) is 5.65. The Morgan fingerprint density at radius 1 is 1.17 bits per heavy atom. The van der Waals surface area contributed by atoms with Crippen molar-refractivity contribution in [3.8, 4) is 0 Å². The van der Waals surface area contributed by atoms with E-state index in [0.717, 1.165) is 14.9 Å². The molecule has 0 bridgehead atoms.